The second-order valence-corrected chi connectivity index (χ2v) is 4.84. The van der Waals surface area contributed by atoms with Crippen LogP contribution in [0.3, 0.4) is 0 Å². The molecular weight excluding hydrogens is 282 g/mol. The van der Waals surface area contributed by atoms with Crippen LogP contribution in [0.25, 0.3) is 0 Å². The van der Waals surface area contributed by atoms with Crippen LogP contribution < -0.4 is 9.64 Å². The van der Waals surface area contributed by atoms with Crippen molar-refractivity contribution in [2.24, 2.45) is 0 Å². The van der Waals surface area contributed by atoms with Crippen molar-refractivity contribution in [3.05, 3.63) is 18.3 Å². The van der Waals surface area contributed by atoms with Crippen molar-refractivity contribution in [2.75, 3.05) is 50.1 Å². The van der Waals surface area contributed by atoms with E-state index in [2.05, 4.69) is 30.7 Å². The van der Waals surface area contributed by atoms with Gasteiger partial charge in [0.15, 0.2) is 11.6 Å². The van der Waals surface area contributed by atoms with Crippen molar-refractivity contribution >= 4 is 21.7 Å². The lowest BCUT2D eigenvalue weighted by Crippen LogP contribution is -2.47. The minimum Gasteiger partial charge on any atom is -0.493 e. The van der Waals surface area contributed by atoms with E-state index in [4.69, 9.17) is 4.74 Å². The molecule has 0 aliphatic carbocycles. The van der Waals surface area contributed by atoms with Crippen molar-refractivity contribution in [3.63, 3.8) is 0 Å². The Labute approximate surface area is 111 Å². The molecule has 1 fully saturated rings. The highest BCUT2D eigenvalue weighted by Gasteiger charge is 2.19. The summed E-state index contributed by atoms with van der Waals surface area (Å²) in [6.07, 6.45) is 1.82. The minimum atomic E-state index is 0.862. The van der Waals surface area contributed by atoms with E-state index in [1.54, 1.807) is 7.11 Å². The topological polar surface area (TPSA) is 28.6 Å². The Morgan fingerprint density at radius 1 is 1.35 bits per heavy atom. The third kappa shape index (κ3) is 3.10. The molecule has 17 heavy (non-hydrogen) atoms. The van der Waals surface area contributed by atoms with Gasteiger partial charge in [-0.05, 0) is 12.1 Å². The lowest BCUT2D eigenvalue weighted by atomic mass is 10.3. The summed E-state index contributed by atoms with van der Waals surface area (Å²) in [6.45, 7) is 5.32. The van der Waals surface area contributed by atoms with E-state index in [-0.39, 0.29) is 0 Å². The molecule has 0 aromatic carbocycles. The molecule has 0 atom stereocenters. The van der Waals surface area contributed by atoms with Gasteiger partial charge < -0.3 is 9.64 Å². The molecule has 0 radical (unpaired) electrons. The van der Waals surface area contributed by atoms with Gasteiger partial charge in [0, 0.05) is 44.3 Å². The number of ether oxygens (including phenoxy) is 1. The fourth-order valence-electron chi connectivity index (χ4n) is 2.08. The number of alkyl halides is 1. The van der Waals surface area contributed by atoms with E-state index in [1.807, 2.05) is 18.3 Å². The van der Waals surface area contributed by atoms with Gasteiger partial charge in [0.25, 0.3) is 0 Å². The number of pyridine rings is 1. The van der Waals surface area contributed by atoms with Crippen LogP contribution in [0.1, 0.15) is 0 Å². The zero-order valence-electron chi connectivity index (χ0n) is 10.1. The van der Waals surface area contributed by atoms with Crippen LogP contribution in [0.15, 0.2) is 18.3 Å². The molecule has 0 bridgehead atoms. The summed E-state index contributed by atoms with van der Waals surface area (Å²) in [5.41, 5.74) is 0. The van der Waals surface area contributed by atoms with Crippen LogP contribution in [0.2, 0.25) is 0 Å². The first-order valence-corrected chi connectivity index (χ1v) is 6.99. The zero-order valence-corrected chi connectivity index (χ0v) is 11.7. The lowest BCUT2D eigenvalue weighted by molar-refractivity contribution is 0.272. The van der Waals surface area contributed by atoms with Crippen LogP contribution in [0.4, 0.5) is 5.82 Å². The Hall–Kier alpha value is -0.810. The van der Waals surface area contributed by atoms with Gasteiger partial charge in [0.1, 0.15) is 0 Å². The Balaban J connectivity index is 2.00. The molecule has 1 aliphatic heterocycles. The van der Waals surface area contributed by atoms with E-state index >= 15 is 0 Å². The number of hydrogen-bond acceptors (Lipinski definition) is 4. The van der Waals surface area contributed by atoms with Gasteiger partial charge in [-0.2, -0.15) is 0 Å². The van der Waals surface area contributed by atoms with Gasteiger partial charge >= 0.3 is 0 Å². The van der Waals surface area contributed by atoms with Gasteiger partial charge in [-0.15, -0.1) is 0 Å². The van der Waals surface area contributed by atoms with Gasteiger partial charge in [-0.3, -0.25) is 4.90 Å². The van der Waals surface area contributed by atoms with Crippen molar-refractivity contribution in [1.29, 1.82) is 0 Å². The summed E-state index contributed by atoms with van der Waals surface area (Å²) in [5.74, 6) is 1.83. The van der Waals surface area contributed by atoms with E-state index in [1.165, 1.54) is 0 Å². The number of aromatic nitrogens is 1. The van der Waals surface area contributed by atoms with Crippen LogP contribution in [-0.2, 0) is 0 Å². The number of piperazine rings is 1. The number of halogens is 1. The first-order chi connectivity index (χ1) is 8.35. The quantitative estimate of drug-likeness (QED) is 0.790. The van der Waals surface area contributed by atoms with Crippen molar-refractivity contribution in [3.8, 4) is 5.75 Å². The maximum Gasteiger partial charge on any atom is 0.171 e. The SMILES string of the molecule is COc1cccnc1N1CCN(CCBr)CC1. The van der Waals surface area contributed by atoms with E-state index in [0.29, 0.717) is 0 Å². The summed E-state index contributed by atoms with van der Waals surface area (Å²) in [5, 5.41) is 1.04. The van der Waals surface area contributed by atoms with E-state index in [0.717, 1.165) is 49.6 Å². The largest absolute Gasteiger partial charge is 0.493 e. The van der Waals surface area contributed by atoms with Crippen molar-refractivity contribution in [2.45, 2.75) is 0 Å². The summed E-state index contributed by atoms with van der Waals surface area (Å²) < 4.78 is 5.35. The summed E-state index contributed by atoms with van der Waals surface area (Å²) >= 11 is 3.48. The summed E-state index contributed by atoms with van der Waals surface area (Å²) in [7, 11) is 1.70. The fourth-order valence-corrected chi connectivity index (χ4v) is 2.58. The molecule has 5 heteroatoms. The molecule has 1 aliphatic rings. The van der Waals surface area contributed by atoms with Crippen LogP contribution >= 0.6 is 15.9 Å². The third-order valence-corrected chi connectivity index (χ3v) is 3.40. The predicted octanol–water partition coefficient (Wildman–Crippen LogP) is 1.61. The second kappa shape index (κ2) is 6.21. The minimum absolute atomic E-state index is 0.862. The number of methoxy groups -OCH3 is 1. The number of nitrogens with zero attached hydrogens (tertiary/aromatic N) is 3. The molecule has 1 saturated heterocycles. The molecule has 0 spiro atoms. The maximum absolute atomic E-state index is 5.35. The van der Waals surface area contributed by atoms with E-state index in [9.17, 15) is 0 Å². The van der Waals surface area contributed by atoms with Crippen LogP contribution in [0.5, 0.6) is 5.75 Å². The Morgan fingerprint density at radius 2 is 2.12 bits per heavy atom. The molecule has 0 amide bonds. The highest BCUT2D eigenvalue weighted by molar-refractivity contribution is 9.09. The highest BCUT2D eigenvalue weighted by atomic mass is 79.9. The number of rotatable bonds is 4. The van der Waals surface area contributed by atoms with Gasteiger partial charge in [0.2, 0.25) is 0 Å². The maximum atomic E-state index is 5.35. The van der Waals surface area contributed by atoms with Crippen LogP contribution in [-0.4, -0.2) is 55.0 Å². The summed E-state index contributed by atoms with van der Waals surface area (Å²) in [6, 6.07) is 3.87. The second-order valence-electron chi connectivity index (χ2n) is 4.05. The number of hydrogen-bond donors (Lipinski definition) is 0. The first kappa shape index (κ1) is 12.6. The molecule has 2 rings (SSSR count). The molecular formula is C12H18BrN3O. The fraction of sp³-hybridized carbons (Fsp3) is 0.583. The van der Waals surface area contributed by atoms with Crippen molar-refractivity contribution in [1.82, 2.24) is 9.88 Å². The highest BCUT2D eigenvalue weighted by Crippen LogP contribution is 2.25. The Kier molecular flexibility index (Phi) is 4.62. The summed E-state index contributed by atoms with van der Waals surface area (Å²) in [4.78, 5) is 9.17. The standard InChI is InChI=1S/C12H18BrN3O/c1-17-11-3-2-5-14-12(11)16-9-7-15(6-4-13)8-10-16/h2-3,5H,4,6-10H2,1H3. The lowest BCUT2D eigenvalue weighted by Gasteiger charge is -2.35. The molecule has 1 aromatic rings. The molecule has 0 unspecified atom stereocenters. The molecule has 0 saturated carbocycles. The molecule has 2 heterocycles. The third-order valence-electron chi connectivity index (χ3n) is 3.04. The molecule has 1 aromatic heterocycles. The molecule has 0 N–H and O–H groups in total. The molecule has 4 nitrogen and oxygen atoms in total. The Morgan fingerprint density at radius 3 is 2.76 bits per heavy atom. The molecule has 94 valence electrons. The van der Waals surface area contributed by atoms with E-state index < -0.39 is 0 Å². The van der Waals surface area contributed by atoms with Gasteiger partial charge in [-0.1, -0.05) is 15.9 Å². The Bertz CT molecular complexity index is 353. The predicted molar refractivity (Wildman–Crippen MR) is 73.2 cm³/mol. The monoisotopic (exact) mass is 299 g/mol. The van der Waals surface area contributed by atoms with Crippen molar-refractivity contribution < 1.29 is 4.74 Å². The average Bonchev–Trinajstić information content (AvgIpc) is 2.40. The van der Waals surface area contributed by atoms with Gasteiger partial charge in [0.05, 0.1) is 7.11 Å². The number of anilines is 1. The first-order valence-electron chi connectivity index (χ1n) is 5.87. The zero-order chi connectivity index (χ0) is 12.1. The van der Waals surface area contributed by atoms with Gasteiger partial charge in [-0.25, -0.2) is 4.98 Å². The smallest absolute Gasteiger partial charge is 0.171 e. The average molecular weight is 300 g/mol. The van der Waals surface area contributed by atoms with Crippen LogP contribution in [0, 0.1) is 0 Å². The normalized spacial score (nSPS) is 17.2.